The van der Waals surface area contributed by atoms with Crippen LogP contribution in [0.2, 0.25) is 0 Å². The zero-order chi connectivity index (χ0) is 14.4. The summed E-state index contributed by atoms with van der Waals surface area (Å²) in [5.74, 6) is -2.58. The number of carbonyl (C=O) groups excluding carboxylic acids is 1. The van der Waals surface area contributed by atoms with E-state index in [1.54, 1.807) is 5.32 Å². The van der Waals surface area contributed by atoms with Gasteiger partial charge in [-0.3, -0.25) is 9.79 Å². The molecule has 1 heterocycles. The van der Waals surface area contributed by atoms with Crippen LogP contribution in [-0.2, 0) is 4.79 Å². The van der Waals surface area contributed by atoms with E-state index in [0.717, 1.165) is 0 Å². The fourth-order valence-corrected chi connectivity index (χ4v) is 1.24. The monoisotopic (exact) mass is 274 g/mol. The molecule has 1 aliphatic heterocycles. The molecule has 0 saturated heterocycles. The van der Waals surface area contributed by atoms with Gasteiger partial charge in [-0.25, -0.2) is 0 Å². The molecule has 0 aromatic heterocycles. The lowest BCUT2D eigenvalue weighted by Crippen LogP contribution is -2.46. The van der Waals surface area contributed by atoms with Crippen molar-refractivity contribution >= 4 is 12.0 Å². The Morgan fingerprint density at radius 1 is 1.22 bits per heavy atom. The van der Waals surface area contributed by atoms with Gasteiger partial charge in [0.25, 0.3) is 5.78 Å². The van der Waals surface area contributed by atoms with E-state index in [1.807, 2.05) is 0 Å². The number of alkyl halides is 6. The molecule has 0 aromatic carbocycles. The summed E-state index contributed by atoms with van der Waals surface area (Å²) in [6, 6.07) is 0. The summed E-state index contributed by atoms with van der Waals surface area (Å²) in [4.78, 5) is 14.3. The Hall–Kier alpha value is -1.54. The topological polar surface area (TPSA) is 41.5 Å². The third-order valence-corrected chi connectivity index (χ3v) is 2.00. The zero-order valence-electron chi connectivity index (χ0n) is 9.20. The first-order valence-corrected chi connectivity index (χ1v) is 4.61. The van der Waals surface area contributed by atoms with Crippen LogP contribution in [0.1, 0.15) is 13.8 Å². The molecule has 0 aromatic rings. The number of hydrogen-bond acceptors (Lipinski definition) is 3. The van der Waals surface area contributed by atoms with E-state index in [4.69, 9.17) is 0 Å². The van der Waals surface area contributed by atoms with Crippen molar-refractivity contribution in [1.82, 2.24) is 5.32 Å². The minimum Gasteiger partial charge on any atom is -0.357 e. The Labute approximate surface area is 97.6 Å². The van der Waals surface area contributed by atoms with Gasteiger partial charge in [-0.15, -0.1) is 0 Å². The second-order valence-electron chi connectivity index (χ2n) is 4.06. The molecule has 18 heavy (non-hydrogen) atoms. The van der Waals surface area contributed by atoms with Crippen molar-refractivity contribution in [1.29, 1.82) is 0 Å². The molecule has 9 heteroatoms. The quantitative estimate of drug-likeness (QED) is 0.746. The fourth-order valence-electron chi connectivity index (χ4n) is 1.24. The molecular formula is C9H8F6N2O. The summed E-state index contributed by atoms with van der Waals surface area (Å²) in [6.45, 7) is 2.45. The van der Waals surface area contributed by atoms with Crippen molar-refractivity contribution in [3.63, 3.8) is 0 Å². The van der Waals surface area contributed by atoms with Gasteiger partial charge in [-0.1, -0.05) is 0 Å². The molecule has 0 aliphatic carbocycles. The Kier molecular flexibility index (Phi) is 3.22. The maximum atomic E-state index is 12.6. The molecule has 1 N–H and O–H groups in total. The van der Waals surface area contributed by atoms with Crippen molar-refractivity contribution in [2.24, 2.45) is 4.99 Å². The number of hydrogen-bond donors (Lipinski definition) is 1. The Morgan fingerprint density at radius 2 is 1.72 bits per heavy atom. The predicted molar refractivity (Wildman–Crippen MR) is 49.8 cm³/mol. The van der Waals surface area contributed by atoms with Gasteiger partial charge in [0.1, 0.15) is 11.4 Å². The highest BCUT2D eigenvalue weighted by Gasteiger charge is 2.48. The summed E-state index contributed by atoms with van der Waals surface area (Å²) in [5, 5.41) is 1.77. The van der Waals surface area contributed by atoms with Crippen LogP contribution in [0, 0.1) is 0 Å². The minimum absolute atomic E-state index is 0.301. The van der Waals surface area contributed by atoms with Crippen molar-refractivity contribution in [3.05, 3.63) is 11.3 Å². The van der Waals surface area contributed by atoms with Crippen LogP contribution < -0.4 is 5.32 Å². The van der Waals surface area contributed by atoms with E-state index in [0.29, 0.717) is 6.21 Å². The normalized spacial score (nSPS) is 19.8. The first-order chi connectivity index (χ1) is 7.84. The number of carbonyl (C=O) groups is 1. The molecule has 0 fully saturated rings. The zero-order valence-corrected chi connectivity index (χ0v) is 9.20. The average Bonchev–Trinajstić information content (AvgIpc) is 2.12. The maximum absolute atomic E-state index is 12.6. The lowest BCUT2D eigenvalue weighted by molar-refractivity contribution is -0.166. The van der Waals surface area contributed by atoms with Crippen LogP contribution in [0.4, 0.5) is 26.3 Å². The number of aliphatic imine (C=N–C) groups is 1. The van der Waals surface area contributed by atoms with Gasteiger partial charge in [0.2, 0.25) is 0 Å². The first-order valence-electron chi connectivity index (χ1n) is 4.61. The molecule has 1 aliphatic rings. The number of halogens is 6. The number of allylic oxidation sites excluding steroid dienone is 2. The van der Waals surface area contributed by atoms with Gasteiger partial charge in [-0.05, 0) is 13.8 Å². The molecular weight excluding hydrogens is 266 g/mol. The fraction of sp³-hybridized carbons (Fsp3) is 0.556. The number of rotatable bonds is 1. The van der Waals surface area contributed by atoms with E-state index in [1.165, 1.54) is 13.8 Å². The third kappa shape index (κ3) is 3.02. The van der Waals surface area contributed by atoms with Gasteiger partial charge in [0.05, 0.1) is 5.57 Å². The van der Waals surface area contributed by atoms with Crippen LogP contribution in [-0.4, -0.2) is 30.0 Å². The second kappa shape index (κ2) is 3.99. The molecule has 102 valence electrons. The molecule has 0 amide bonds. The van der Waals surface area contributed by atoms with Crippen LogP contribution >= 0.6 is 0 Å². The Bertz CT molecular complexity index is 429. The standard InChI is InChI=1S/C9H8F6N2O/c1-7(2)16-3-4(6(18)9(13,14)15)5(17-7)8(10,11)12/h3,17H,1-2H3. The van der Waals surface area contributed by atoms with E-state index in [-0.39, 0.29) is 0 Å². The number of nitrogens with zero attached hydrogens (tertiary/aromatic N) is 1. The average molecular weight is 274 g/mol. The summed E-state index contributed by atoms with van der Waals surface area (Å²) in [5.41, 5.74) is -4.70. The van der Waals surface area contributed by atoms with Crippen LogP contribution in [0.25, 0.3) is 0 Å². The largest absolute Gasteiger partial charge is 0.455 e. The van der Waals surface area contributed by atoms with E-state index in [9.17, 15) is 31.1 Å². The smallest absolute Gasteiger partial charge is 0.357 e. The predicted octanol–water partition coefficient (Wildman–Crippen LogP) is 2.34. The summed E-state index contributed by atoms with van der Waals surface area (Å²) in [6.07, 6.45) is -10.2. The highest BCUT2D eigenvalue weighted by Crippen LogP contribution is 2.33. The molecule has 0 atom stereocenters. The first kappa shape index (κ1) is 14.5. The summed E-state index contributed by atoms with van der Waals surface area (Å²) >= 11 is 0. The van der Waals surface area contributed by atoms with E-state index in [2.05, 4.69) is 4.99 Å². The Balaban J connectivity index is 3.32. The van der Waals surface area contributed by atoms with E-state index >= 15 is 0 Å². The van der Waals surface area contributed by atoms with Gasteiger partial charge >= 0.3 is 12.4 Å². The van der Waals surface area contributed by atoms with E-state index < -0.39 is 35.1 Å². The third-order valence-electron chi connectivity index (χ3n) is 2.00. The second-order valence-corrected chi connectivity index (χ2v) is 4.06. The molecule has 0 radical (unpaired) electrons. The van der Waals surface area contributed by atoms with Crippen molar-refractivity contribution in [2.75, 3.05) is 0 Å². The summed E-state index contributed by atoms with van der Waals surface area (Å²) < 4.78 is 74.2. The molecule has 3 nitrogen and oxygen atoms in total. The number of ketones is 1. The van der Waals surface area contributed by atoms with Crippen molar-refractivity contribution < 1.29 is 31.1 Å². The van der Waals surface area contributed by atoms with Gasteiger partial charge in [-0.2, -0.15) is 26.3 Å². The highest BCUT2D eigenvalue weighted by atomic mass is 19.4. The van der Waals surface area contributed by atoms with Gasteiger partial charge in [0, 0.05) is 6.21 Å². The number of Topliss-reactive ketones (excluding diaryl/α,β-unsaturated/α-hetero) is 1. The lowest BCUT2D eigenvalue weighted by atomic mass is 10.0. The van der Waals surface area contributed by atoms with Crippen molar-refractivity contribution in [2.45, 2.75) is 31.9 Å². The highest BCUT2D eigenvalue weighted by molar-refractivity contribution is 6.16. The maximum Gasteiger partial charge on any atom is 0.455 e. The molecule has 0 saturated carbocycles. The van der Waals surface area contributed by atoms with Gasteiger partial charge in [0.15, 0.2) is 0 Å². The molecule has 0 bridgehead atoms. The molecule has 0 unspecified atom stereocenters. The lowest BCUT2D eigenvalue weighted by Gasteiger charge is -2.30. The minimum atomic E-state index is -5.39. The SMILES string of the molecule is CC1(C)N=CC(C(=O)C(F)(F)F)=C(C(F)(F)F)N1. The number of nitrogens with one attached hydrogen (secondary N) is 1. The summed E-state index contributed by atoms with van der Waals surface area (Å²) in [7, 11) is 0. The van der Waals surface area contributed by atoms with Crippen LogP contribution in [0.3, 0.4) is 0 Å². The van der Waals surface area contributed by atoms with Crippen LogP contribution in [0.15, 0.2) is 16.3 Å². The Morgan fingerprint density at radius 3 is 2.11 bits per heavy atom. The van der Waals surface area contributed by atoms with Crippen molar-refractivity contribution in [3.8, 4) is 0 Å². The van der Waals surface area contributed by atoms with Gasteiger partial charge < -0.3 is 5.32 Å². The molecule has 0 spiro atoms. The van der Waals surface area contributed by atoms with Crippen LogP contribution in [0.5, 0.6) is 0 Å². The molecule has 1 rings (SSSR count).